The summed E-state index contributed by atoms with van der Waals surface area (Å²) in [6, 6.07) is 15.4. The molecule has 0 unspecified atom stereocenters. The van der Waals surface area contributed by atoms with Gasteiger partial charge in [-0.3, -0.25) is 14.6 Å². The van der Waals surface area contributed by atoms with Gasteiger partial charge in [-0.1, -0.05) is 77.9 Å². The highest BCUT2D eigenvalue weighted by Crippen LogP contribution is 2.48. The summed E-state index contributed by atoms with van der Waals surface area (Å²) in [5.41, 5.74) is 2.33. The van der Waals surface area contributed by atoms with Crippen molar-refractivity contribution < 1.29 is 14.3 Å². The average Bonchev–Trinajstić information content (AvgIpc) is 3.69. The zero-order valence-corrected chi connectivity index (χ0v) is 30.5. The van der Waals surface area contributed by atoms with Crippen molar-refractivity contribution in [1.82, 2.24) is 30.8 Å². The van der Waals surface area contributed by atoms with E-state index in [4.69, 9.17) is 9.73 Å². The Morgan fingerprint density at radius 2 is 1.80 bits per heavy atom. The fourth-order valence-electron chi connectivity index (χ4n) is 7.16. The number of aliphatic imine (C=N–C) groups is 1. The third kappa shape index (κ3) is 9.13. The van der Waals surface area contributed by atoms with E-state index in [1.807, 2.05) is 48.5 Å². The van der Waals surface area contributed by atoms with E-state index < -0.39 is 5.66 Å². The van der Waals surface area contributed by atoms with Crippen LogP contribution in [0.15, 0.2) is 53.5 Å². The topological polar surface area (TPSA) is 125 Å². The Morgan fingerprint density at radius 1 is 1.06 bits per heavy atom. The van der Waals surface area contributed by atoms with Crippen LogP contribution in [0.1, 0.15) is 133 Å². The maximum atomic E-state index is 14.8. The lowest BCUT2D eigenvalue weighted by Gasteiger charge is -2.46. The van der Waals surface area contributed by atoms with E-state index in [9.17, 15) is 9.59 Å². The van der Waals surface area contributed by atoms with Crippen LogP contribution in [0.4, 0.5) is 0 Å². The van der Waals surface area contributed by atoms with E-state index in [2.05, 4.69) is 79.3 Å². The first kappa shape index (κ1) is 36.2. The molecule has 2 N–H and O–H groups in total. The molecular formula is C39H55N7O3. The van der Waals surface area contributed by atoms with Crippen molar-refractivity contribution in [3.63, 3.8) is 0 Å². The molecule has 3 aromatic rings. The molecule has 2 heterocycles. The molecular weight excluding hydrogens is 614 g/mol. The van der Waals surface area contributed by atoms with Crippen LogP contribution >= 0.6 is 0 Å². The molecule has 0 bridgehead atoms. The average molecular weight is 670 g/mol. The van der Waals surface area contributed by atoms with Gasteiger partial charge in [0.2, 0.25) is 0 Å². The fourth-order valence-corrected chi connectivity index (χ4v) is 7.16. The van der Waals surface area contributed by atoms with Crippen molar-refractivity contribution in [2.24, 2.45) is 28.2 Å². The van der Waals surface area contributed by atoms with Gasteiger partial charge in [-0.15, -0.1) is 10.2 Å². The Balaban J connectivity index is 1.46. The first-order valence-electron chi connectivity index (χ1n) is 18.1. The van der Waals surface area contributed by atoms with Gasteiger partial charge in [-0.2, -0.15) is 5.21 Å². The summed E-state index contributed by atoms with van der Waals surface area (Å²) in [7, 11) is 0. The van der Waals surface area contributed by atoms with E-state index >= 15 is 0 Å². The highest BCUT2D eigenvalue weighted by molar-refractivity contribution is 6.46. The molecule has 1 spiro atoms. The smallest absolute Gasteiger partial charge is 0.275 e. The van der Waals surface area contributed by atoms with E-state index in [0.29, 0.717) is 41.5 Å². The molecule has 1 atom stereocenters. The standard InChI is InChI=1S/C39H55N7O3/c1-26(2)10-9-23-49-32-12-8-11-31(24-32)35-37(48)46(39(41-35)21-17-28(18-22-39)27(3)4)33(19-20-38(5,6)7)29-13-15-30(16-14-29)36(47)40-25-34-42-44-45-43-34/h8,11-16,24,26-28,33H,9-10,17-23,25H2,1-7H3,(H,40,47)(H,42,43,44,45)/t28?,33-,39?/m1/s1. The molecule has 10 heteroatoms. The summed E-state index contributed by atoms with van der Waals surface area (Å²) >= 11 is 0. The second-order valence-corrected chi connectivity index (χ2v) is 15.9. The monoisotopic (exact) mass is 669 g/mol. The van der Waals surface area contributed by atoms with Crippen LogP contribution in [0.5, 0.6) is 5.75 Å². The zero-order valence-electron chi connectivity index (χ0n) is 30.5. The van der Waals surface area contributed by atoms with Crippen LogP contribution in [0.3, 0.4) is 0 Å². The predicted octanol–water partition coefficient (Wildman–Crippen LogP) is 7.69. The minimum atomic E-state index is -0.616. The summed E-state index contributed by atoms with van der Waals surface area (Å²) < 4.78 is 6.13. The number of H-pyrrole nitrogens is 1. The normalized spacial score (nSPS) is 20.3. The number of tetrazole rings is 1. The molecule has 49 heavy (non-hydrogen) atoms. The van der Waals surface area contributed by atoms with Crippen molar-refractivity contribution in [2.45, 2.75) is 118 Å². The summed E-state index contributed by atoms with van der Waals surface area (Å²) in [4.78, 5) is 35.3. The van der Waals surface area contributed by atoms with Gasteiger partial charge in [-0.05, 0) is 104 Å². The Kier molecular flexibility index (Phi) is 11.6. The van der Waals surface area contributed by atoms with E-state index in [0.717, 1.165) is 68.2 Å². The summed E-state index contributed by atoms with van der Waals surface area (Å²) in [5, 5.41) is 16.6. The number of carbonyl (C=O) groups is 2. The summed E-state index contributed by atoms with van der Waals surface area (Å²) in [5.74, 6) is 2.77. The molecule has 1 aliphatic heterocycles. The largest absolute Gasteiger partial charge is 0.494 e. The zero-order chi connectivity index (χ0) is 35.2. The number of aromatic nitrogens is 4. The van der Waals surface area contributed by atoms with E-state index in [1.54, 1.807) is 0 Å². The molecule has 2 aliphatic rings. The number of rotatable bonds is 14. The quantitative estimate of drug-likeness (QED) is 0.170. The second-order valence-electron chi connectivity index (χ2n) is 15.9. The van der Waals surface area contributed by atoms with Crippen LogP contribution in [0, 0.1) is 23.2 Å². The summed E-state index contributed by atoms with van der Waals surface area (Å²) in [6.45, 7) is 16.6. The second kappa shape index (κ2) is 15.6. The van der Waals surface area contributed by atoms with Crippen molar-refractivity contribution >= 4 is 17.5 Å². The van der Waals surface area contributed by atoms with Crippen LogP contribution in [0.25, 0.3) is 0 Å². The lowest BCUT2D eigenvalue weighted by molar-refractivity contribution is -0.133. The lowest BCUT2D eigenvalue weighted by Crippen LogP contribution is -2.51. The highest BCUT2D eigenvalue weighted by Gasteiger charge is 2.52. The minimum Gasteiger partial charge on any atom is -0.494 e. The van der Waals surface area contributed by atoms with Crippen LogP contribution < -0.4 is 10.1 Å². The Labute approximate surface area is 291 Å². The molecule has 1 fully saturated rings. The fraction of sp³-hybridized carbons (Fsp3) is 0.590. The van der Waals surface area contributed by atoms with Crippen molar-refractivity contribution in [1.29, 1.82) is 0 Å². The molecule has 5 rings (SSSR count). The van der Waals surface area contributed by atoms with E-state index in [1.165, 1.54) is 0 Å². The third-order valence-electron chi connectivity index (χ3n) is 10.1. The maximum Gasteiger partial charge on any atom is 0.275 e. The number of ether oxygens (including phenoxy) is 1. The number of hydrogen-bond acceptors (Lipinski definition) is 7. The third-order valence-corrected chi connectivity index (χ3v) is 10.1. The van der Waals surface area contributed by atoms with Gasteiger partial charge >= 0.3 is 0 Å². The molecule has 10 nitrogen and oxygen atoms in total. The number of nitrogens with one attached hydrogen (secondary N) is 2. The molecule has 2 aromatic carbocycles. The molecule has 1 saturated carbocycles. The molecule has 1 aromatic heterocycles. The van der Waals surface area contributed by atoms with Crippen molar-refractivity contribution in [2.75, 3.05) is 6.61 Å². The molecule has 0 radical (unpaired) electrons. The lowest BCUT2D eigenvalue weighted by atomic mass is 9.75. The predicted molar refractivity (Wildman–Crippen MR) is 192 cm³/mol. The van der Waals surface area contributed by atoms with Crippen molar-refractivity contribution in [3.8, 4) is 5.75 Å². The number of amides is 2. The maximum absolute atomic E-state index is 14.8. The van der Waals surface area contributed by atoms with Gasteiger partial charge < -0.3 is 15.0 Å². The number of nitrogens with zero attached hydrogens (tertiary/aromatic N) is 5. The Bertz CT molecular complexity index is 1570. The Hall–Kier alpha value is -4.08. The molecule has 2 amide bonds. The number of aromatic amines is 1. The van der Waals surface area contributed by atoms with Gasteiger partial charge in [0.15, 0.2) is 5.82 Å². The van der Waals surface area contributed by atoms with E-state index in [-0.39, 0.29) is 29.8 Å². The number of hydrogen-bond donors (Lipinski definition) is 2. The number of carbonyl (C=O) groups excluding carboxylic acids is 2. The molecule has 1 aliphatic carbocycles. The van der Waals surface area contributed by atoms with Gasteiger partial charge in [0.1, 0.15) is 17.1 Å². The van der Waals surface area contributed by atoms with Gasteiger partial charge in [-0.25, -0.2) is 0 Å². The highest BCUT2D eigenvalue weighted by atomic mass is 16.5. The van der Waals surface area contributed by atoms with Gasteiger partial charge in [0.25, 0.3) is 11.8 Å². The van der Waals surface area contributed by atoms with Gasteiger partial charge in [0.05, 0.1) is 19.2 Å². The first-order valence-corrected chi connectivity index (χ1v) is 18.1. The van der Waals surface area contributed by atoms with Crippen LogP contribution in [-0.2, 0) is 11.3 Å². The van der Waals surface area contributed by atoms with Gasteiger partial charge in [0, 0.05) is 11.1 Å². The van der Waals surface area contributed by atoms with Crippen LogP contribution in [-0.4, -0.2) is 55.3 Å². The van der Waals surface area contributed by atoms with Crippen molar-refractivity contribution in [3.05, 3.63) is 71.0 Å². The number of benzene rings is 2. The summed E-state index contributed by atoms with van der Waals surface area (Å²) in [6.07, 6.45) is 7.54. The Morgan fingerprint density at radius 3 is 2.43 bits per heavy atom. The first-order chi connectivity index (χ1) is 23.3. The molecule has 0 saturated heterocycles. The van der Waals surface area contributed by atoms with Crippen LogP contribution in [0.2, 0.25) is 0 Å². The SMILES string of the molecule is CC(C)CCCOc1cccc(C2=NC3(CCC(C(C)C)CC3)N([C@H](CCC(C)(C)C)c3ccc(C(=O)NCc4nn[nH]n4)cc3)C2=O)c1. The minimum absolute atomic E-state index is 0.0270. The molecule has 264 valence electrons.